The van der Waals surface area contributed by atoms with E-state index in [2.05, 4.69) is 5.32 Å². The first-order valence-electron chi connectivity index (χ1n) is 10.4. The topological polar surface area (TPSA) is 99.9 Å². The Hall–Kier alpha value is -2.19. The number of ketones is 1. The van der Waals surface area contributed by atoms with Crippen LogP contribution in [-0.2, 0) is 24.1 Å². The van der Waals surface area contributed by atoms with Crippen molar-refractivity contribution in [3.05, 3.63) is 57.4 Å². The van der Waals surface area contributed by atoms with Crippen LogP contribution in [0.5, 0.6) is 0 Å². The highest BCUT2D eigenvalue weighted by Gasteiger charge is 2.44. The molecule has 8 heteroatoms. The average molecular weight is 449 g/mol. The number of Topliss-reactive ketones (excluding diaryl/α,β-unsaturated/α-hetero) is 1. The number of benzene rings is 1. The summed E-state index contributed by atoms with van der Waals surface area (Å²) in [4.78, 5) is 36.3. The molecule has 0 radical (unpaired) electrons. The van der Waals surface area contributed by atoms with Gasteiger partial charge in [-0.25, -0.2) is 4.79 Å². The highest BCUT2D eigenvalue weighted by atomic mass is 35.5. The van der Waals surface area contributed by atoms with Gasteiger partial charge in [-0.05, 0) is 30.4 Å². The highest BCUT2D eigenvalue weighted by Crippen LogP contribution is 2.48. The molecule has 31 heavy (non-hydrogen) atoms. The van der Waals surface area contributed by atoms with Gasteiger partial charge in [0.2, 0.25) is 0 Å². The van der Waals surface area contributed by atoms with Crippen LogP contribution in [0.15, 0.2) is 46.8 Å². The molecule has 1 heterocycles. The van der Waals surface area contributed by atoms with Crippen LogP contribution in [0.25, 0.3) is 0 Å². The molecular weight excluding hydrogens is 420 g/mol. The maximum Gasteiger partial charge on any atom is 0.371 e. The van der Waals surface area contributed by atoms with Crippen LogP contribution >= 0.6 is 11.6 Å². The Morgan fingerprint density at radius 1 is 1.29 bits per heavy atom. The quantitative estimate of drug-likeness (QED) is 0.357. The van der Waals surface area contributed by atoms with E-state index in [4.69, 9.17) is 31.8 Å². The molecule has 0 saturated heterocycles. The Kier molecular flexibility index (Phi) is 7.54. The Morgan fingerprint density at radius 2 is 2.03 bits per heavy atom. The van der Waals surface area contributed by atoms with Crippen LogP contribution in [0, 0.1) is 5.41 Å². The Bertz CT molecular complexity index is 922. The van der Waals surface area contributed by atoms with Crippen molar-refractivity contribution in [2.24, 2.45) is 11.1 Å². The van der Waals surface area contributed by atoms with Crippen molar-refractivity contribution in [3.63, 3.8) is 0 Å². The maximum absolute atomic E-state index is 13.3. The van der Waals surface area contributed by atoms with Crippen molar-refractivity contribution in [3.8, 4) is 0 Å². The van der Waals surface area contributed by atoms with Crippen molar-refractivity contribution in [2.45, 2.75) is 39.5 Å². The Morgan fingerprint density at radius 3 is 2.71 bits per heavy atom. The van der Waals surface area contributed by atoms with E-state index in [1.54, 1.807) is 19.1 Å². The molecule has 3 rings (SSSR count). The minimum absolute atomic E-state index is 0.0210. The SMILES string of the molecule is CCOOC(=O)C1=C(COCCN)NC2=C(C(=O)CC(C)(C)C2)C1c1ccccc1Cl. The molecule has 1 aliphatic carbocycles. The third kappa shape index (κ3) is 5.18. The molecule has 0 amide bonds. The molecule has 1 aromatic carbocycles. The fourth-order valence-corrected chi connectivity index (χ4v) is 4.38. The first kappa shape index (κ1) is 23.5. The van der Waals surface area contributed by atoms with Gasteiger partial charge in [0.05, 0.1) is 31.1 Å². The highest BCUT2D eigenvalue weighted by molar-refractivity contribution is 6.31. The predicted molar refractivity (Wildman–Crippen MR) is 117 cm³/mol. The number of nitrogens with one attached hydrogen (secondary N) is 1. The first-order valence-corrected chi connectivity index (χ1v) is 10.8. The van der Waals surface area contributed by atoms with Crippen LogP contribution in [0.4, 0.5) is 0 Å². The summed E-state index contributed by atoms with van der Waals surface area (Å²) in [5.41, 5.74) is 8.11. The third-order valence-electron chi connectivity index (χ3n) is 5.32. The standard InChI is InChI=1S/C23H29ClN2O5/c1-4-30-31-22(28)21-17(13-29-10-9-25)26-16-11-23(2,3)12-18(27)20(16)19(21)14-7-5-6-8-15(14)24/h5-8,19,26H,4,9-13,25H2,1-3H3. The number of hydrogen-bond acceptors (Lipinski definition) is 7. The largest absolute Gasteiger partial charge is 0.374 e. The normalized spacial score (nSPS) is 20.4. The average Bonchev–Trinajstić information content (AvgIpc) is 2.70. The summed E-state index contributed by atoms with van der Waals surface area (Å²) in [6.07, 6.45) is 1.03. The Balaban J connectivity index is 2.17. The fraction of sp³-hybridized carbons (Fsp3) is 0.478. The van der Waals surface area contributed by atoms with Gasteiger partial charge in [-0.1, -0.05) is 43.6 Å². The lowest BCUT2D eigenvalue weighted by atomic mass is 9.68. The predicted octanol–water partition coefficient (Wildman–Crippen LogP) is 3.39. The van der Waals surface area contributed by atoms with Gasteiger partial charge in [-0.2, -0.15) is 4.89 Å². The summed E-state index contributed by atoms with van der Waals surface area (Å²) < 4.78 is 5.65. The van der Waals surface area contributed by atoms with Crippen molar-refractivity contribution < 1.29 is 24.1 Å². The van der Waals surface area contributed by atoms with E-state index < -0.39 is 11.9 Å². The second-order valence-electron chi connectivity index (χ2n) is 8.42. The molecule has 7 nitrogen and oxygen atoms in total. The van der Waals surface area contributed by atoms with Gasteiger partial charge in [0.15, 0.2) is 5.78 Å². The van der Waals surface area contributed by atoms with Crippen LogP contribution in [-0.4, -0.2) is 38.1 Å². The van der Waals surface area contributed by atoms with Crippen molar-refractivity contribution in [2.75, 3.05) is 26.4 Å². The second kappa shape index (κ2) is 9.96. The zero-order valence-electron chi connectivity index (χ0n) is 18.1. The number of carbonyl (C=O) groups is 2. The minimum atomic E-state index is -0.685. The number of halogens is 1. The van der Waals surface area contributed by atoms with Gasteiger partial charge in [0.1, 0.15) is 0 Å². The zero-order chi connectivity index (χ0) is 22.6. The summed E-state index contributed by atoms with van der Waals surface area (Å²) in [5, 5.41) is 3.76. The first-order chi connectivity index (χ1) is 14.8. The fourth-order valence-electron chi connectivity index (χ4n) is 4.14. The summed E-state index contributed by atoms with van der Waals surface area (Å²) in [6, 6.07) is 7.20. The second-order valence-corrected chi connectivity index (χ2v) is 8.83. The van der Waals surface area contributed by atoms with Crippen molar-refractivity contribution >= 4 is 23.4 Å². The molecule has 1 atom stereocenters. The van der Waals surface area contributed by atoms with Gasteiger partial charge in [0, 0.05) is 35.2 Å². The molecule has 3 N–H and O–H groups in total. The van der Waals surface area contributed by atoms with Crippen molar-refractivity contribution in [1.29, 1.82) is 0 Å². The van der Waals surface area contributed by atoms with Gasteiger partial charge < -0.3 is 15.8 Å². The lowest BCUT2D eigenvalue weighted by Gasteiger charge is -2.40. The number of ether oxygens (including phenoxy) is 1. The van der Waals surface area contributed by atoms with Crippen LogP contribution in [0.2, 0.25) is 5.02 Å². The van der Waals surface area contributed by atoms with E-state index in [0.29, 0.717) is 47.8 Å². The van der Waals surface area contributed by atoms with E-state index in [9.17, 15) is 9.59 Å². The summed E-state index contributed by atoms with van der Waals surface area (Å²) in [7, 11) is 0. The molecule has 1 unspecified atom stereocenters. The number of nitrogens with two attached hydrogens (primary N) is 1. The molecule has 2 aliphatic rings. The molecule has 0 bridgehead atoms. The molecule has 168 valence electrons. The zero-order valence-corrected chi connectivity index (χ0v) is 18.9. The van der Waals surface area contributed by atoms with Crippen LogP contribution < -0.4 is 11.1 Å². The van der Waals surface area contributed by atoms with E-state index >= 15 is 0 Å². The smallest absolute Gasteiger partial charge is 0.371 e. The van der Waals surface area contributed by atoms with Gasteiger partial charge >= 0.3 is 5.97 Å². The van der Waals surface area contributed by atoms with E-state index in [-0.39, 0.29) is 30.0 Å². The van der Waals surface area contributed by atoms with Crippen LogP contribution in [0.1, 0.15) is 45.1 Å². The van der Waals surface area contributed by atoms with Crippen molar-refractivity contribution in [1.82, 2.24) is 5.32 Å². The number of dihydropyridines is 1. The third-order valence-corrected chi connectivity index (χ3v) is 5.67. The summed E-state index contributed by atoms with van der Waals surface area (Å²) in [5.74, 6) is -1.39. The Labute approximate surface area is 187 Å². The molecule has 0 saturated carbocycles. The molecule has 1 aromatic rings. The van der Waals surface area contributed by atoms with Gasteiger partial charge in [-0.3, -0.25) is 9.68 Å². The number of allylic oxidation sites excluding steroid dienone is 2. The van der Waals surface area contributed by atoms with E-state index in [0.717, 1.165) is 5.70 Å². The van der Waals surface area contributed by atoms with Gasteiger partial charge in [-0.15, -0.1) is 0 Å². The minimum Gasteiger partial charge on any atom is -0.374 e. The van der Waals surface area contributed by atoms with Crippen LogP contribution in [0.3, 0.4) is 0 Å². The summed E-state index contributed by atoms with van der Waals surface area (Å²) in [6.45, 7) is 6.79. The molecular formula is C23H29ClN2O5. The lowest BCUT2D eigenvalue weighted by molar-refractivity contribution is -0.265. The van der Waals surface area contributed by atoms with E-state index in [1.165, 1.54) is 0 Å². The maximum atomic E-state index is 13.3. The molecule has 0 spiro atoms. The number of hydrogen-bond donors (Lipinski definition) is 2. The van der Waals surface area contributed by atoms with Gasteiger partial charge in [0.25, 0.3) is 0 Å². The molecule has 0 aromatic heterocycles. The van der Waals surface area contributed by atoms with E-state index in [1.807, 2.05) is 26.0 Å². The lowest BCUT2D eigenvalue weighted by Crippen LogP contribution is -2.40. The molecule has 1 aliphatic heterocycles. The molecule has 0 fully saturated rings. The number of rotatable bonds is 8. The number of carbonyl (C=O) groups excluding carboxylic acids is 2. The summed E-state index contributed by atoms with van der Waals surface area (Å²) >= 11 is 6.53. The monoisotopic (exact) mass is 448 g/mol.